The fraction of sp³-hybridized carbons (Fsp3) is 0.250. The average molecular weight is 272 g/mol. The molecule has 9 heteroatoms. The second kappa shape index (κ2) is 4.66. The van der Waals surface area contributed by atoms with Gasteiger partial charge in [-0.1, -0.05) is 0 Å². The second-order valence-corrected chi connectivity index (χ2v) is 3.06. The van der Waals surface area contributed by atoms with Crippen LogP contribution in [-0.2, 0) is 5.88 Å². The van der Waals surface area contributed by atoms with Gasteiger partial charge in [0.15, 0.2) is 17.2 Å². The molecule has 1 rings (SSSR count). The van der Waals surface area contributed by atoms with Crippen molar-refractivity contribution in [1.82, 2.24) is 4.98 Å². The van der Waals surface area contributed by atoms with E-state index < -0.39 is 35.4 Å². The number of hydrogen-bond donors (Lipinski definition) is 2. The number of hydrogen-bond acceptors (Lipinski definition) is 4. The molecule has 0 aliphatic carbocycles. The lowest BCUT2D eigenvalue weighted by atomic mass is 10.2. The van der Waals surface area contributed by atoms with E-state index in [2.05, 4.69) is 9.72 Å². The molecule has 17 heavy (non-hydrogen) atoms. The summed E-state index contributed by atoms with van der Waals surface area (Å²) in [5, 5.41) is 17.9. The van der Waals surface area contributed by atoms with Crippen LogP contribution in [0.1, 0.15) is 16.1 Å². The Morgan fingerprint density at radius 1 is 1.53 bits per heavy atom. The van der Waals surface area contributed by atoms with E-state index in [0.29, 0.717) is 0 Å². The number of aromatic nitrogens is 1. The molecule has 2 N–H and O–H groups in total. The molecule has 0 amide bonds. The van der Waals surface area contributed by atoms with Gasteiger partial charge in [0.2, 0.25) is 0 Å². The van der Waals surface area contributed by atoms with E-state index in [1.807, 2.05) is 0 Å². The molecule has 0 unspecified atom stereocenters. The Labute approximate surface area is 97.4 Å². The summed E-state index contributed by atoms with van der Waals surface area (Å²) in [6.07, 6.45) is -4.29. The highest BCUT2D eigenvalue weighted by Crippen LogP contribution is 2.37. The summed E-state index contributed by atoms with van der Waals surface area (Å²) in [5.74, 6) is -4.38. The van der Waals surface area contributed by atoms with Gasteiger partial charge >= 0.3 is 12.3 Å². The molecular formula is C8H5ClF3NO4. The van der Waals surface area contributed by atoms with Crippen LogP contribution in [0.25, 0.3) is 0 Å². The molecule has 0 aliphatic heterocycles. The van der Waals surface area contributed by atoms with Crippen molar-refractivity contribution in [2.75, 3.05) is 0 Å². The lowest BCUT2D eigenvalue weighted by Crippen LogP contribution is -2.19. The number of halogens is 4. The van der Waals surface area contributed by atoms with Crippen LogP contribution in [0.15, 0.2) is 6.20 Å². The van der Waals surface area contributed by atoms with Crippen LogP contribution in [0.3, 0.4) is 0 Å². The predicted octanol–water partition coefficient (Wildman–Crippen LogP) is 2.12. The van der Waals surface area contributed by atoms with Gasteiger partial charge in [-0.05, 0) is 0 Å². The van der Waals surface area contributed by atoms with Gasteiger partial charge in [0.25, 0.3) is 0 Å². The Balaban J connectivity index is 3.32. The highest BCUT2D eigenvalue weighted by Gasteiger charge is 2.35. The summed E-state index contributed by atoms with van der Waals surface area (Å²) >= 11 is 5.32. The molecule has 1 heterocycles. The van der Waals surface area contributed by atoms with Gasteiger partial charge in [-0.3, -0.25) is 0 Å². The van der Waals surface area contributed by atoms with Crippen molar-refractivity contribution < 1.29 is 32.9 Å². The van der Waals surface area contributed by atoms with E-state index in [1.165, 1.54) is 0 Å². The van der Waals surface area contributed by atoms with Crippen molar-refractivity contribution in [2.24, 2.45) is 0 Å². The van der Waals surface area contributed by atoms with E-state index >= 15 is 0 Å². The monoisotopic (exact) mass is 271 g/mol. The smallest absolute Gasteiger partial charge is 0.503 e. The van der Waals surface area contributed by atoms with Gasteiger partial charge in [0.05, 0.1) is 5.88 Å². The maximum absolute atomic E-state index is 12.0. The number of ether oxygens (including phenoxy) is 1. The predicted molar refractivity (Wildman–Crippen MR) is 49.1 cm³/mol. The summed E-state index contributed by atoms with van der Waals surface area (Å²) < 4.78 is 39.6. The van der Waals surface area contributed by atoms with E-state index in [9.17, 15) is 23.1 Å². The van der Waals surface area contributed by atoms with E-state index in [1.54, 1.807) is 0 Å². The molecule has 0 bridgehead atoms. The minimum atomic E-state index is -5.07. The van der Waals surface area contributed by atoms with Crippen LogP contribution < -0.4 is 4.74 Å². The quantitative estimate of drug-likeness (QED) is 0.823. The summed E-state index contributed by atoms with van der Waals surface area (Å²) in [4.78, 5) is 13.8. The zero-order valence-corrected chi connectivity index (χ0v) is 8.71. The summed E-state index contributed by atoms with van der Waals surface area (Å²) in [6, 6.07) is 0. The lowest BCUT2D eigenvalue weighted by molar-refractivity contribution is -0.275. The largest absolute Gasteiger partial charge is 0.573 e. The number of pyridine rings is 1. The lowest BCUT2D eigenvalue weighted by Gasteiger charge is -2.13. The van der Waals surface area contributed by atoms with Crippen LogP contribution in [0.2, 0.25) is 0 Å². The van der Waals surface area contributed by atoms with Crippen LogP contribution in [0, 0.1) is 0 Å². The Kier molecular flexibility index (Phi) is 3.66. The highest BCUT2D eigenvalue weighted by atomic mass is 35.5. The first-order chi connectivity index (χ1) is 7.76. The van der Waals surface area contributed by atoms with Crippen molar-refractivity contribution in [1.29, 1.82) is 0 Å². The zero-order chi connectivity index (χ0) is 13.2. The standard InChI is InChI=1S/C8H5ClF3NO4/c9-1-3-2-13-4(7(15)16)5(14)6(3)17-8(10,11)12/h2,14H,1H2,(H,15,16). The maximum Gasteiger partial charge on any atom is 0.573 e. The Morgan fingerprint density at radius 3 is 2.53 bits per heavy atom. The molecule has 0 saturated carbocycles. The Morgan fingerprint density at radius 2 is 2.12 bits per heavy atom. The third-order valence-corrected chi connectivity index (χ3v) is 1.93. The number of aromatic carboxylic acids is 1. The number of rotatable bonds is 3. The number of alkyl halides is 4. The first-order valence-electron chi connectivity index (χ1n) is 4.02. The molecular weight excluding hydrogens is 267 g/mol. The van der Waals surface area contributed by atoms with Crippen molar-refractivity contribution >= 4 is 17.6 Å². The van der Waals surface area contributed by atoms with Crippen molar-refractivity contribution in [3.8, 4) is 11.5 Å². The van der Waals surface area contributed by atoms with Crippen molar-refractivity contribution in [2.45, 2.75) is 12.2 Å². The molecule has 1 aromatic heterocycles. The molecule has 0 radical (unpaired) electrons. The molecule has 0 saturated heterocycles. The Hall–Kier alpha value is -1.70. The molecule has 0 fully saturated rings. The van der Waals surface area contributed by atoms with Crippen LogP contribution in [0.4, 0.5) is 13.2 Å². The molecule has 0 aliphatic rings. The molecule has 94 valence electrons. The second-order valence-electron chi connectivity index (χ2n) is 2.80. The summed E-state index contributed by atoms with van der Waals surface area (Å²) in [7, 11) is 0. The van der Waals surface area contributed by atoms with Gasteiger partial charge < -0.3 is 14.9 Å². The van der Waals surface area contributed by atoms with E-state index in [4.69, 9.17) is 16.7 Å². The maximum atomic E-state index is 12.0. The fourth-order valence-electron chi connectivity index (χ4n) is 1.00. The van der Waals surface area contributed by atoms with Crippen LogP contribution in [0.5, 0.6) is 11.5 Å². The first kappa shape index (κ1) is 13.4. The van der Waals surface area contributed by atoms with Crippen molar-refractivity contribution in [3.05, 3.63) is 17.5 Å². The zero-order valence-electron chi connectivity index (χ0n) is 7.95. The minimum Gasteiger partial charge on any atom is -0.503 e. The summed E-state index contributed by atoms with van der Waals surface area (Å²) in [6.45, 7) is 0. The molecule has 0 atom stereocenters. The van der Waals surface area contributed by atoms with Crippen LogP contribution in [-0.4, -0.2) is 27.5 Å². The highest BCUT2D eigenvalue weighted by molar-refractivity contribution is 6.17. The fourth-order valence-corrected chi connectivity index (χ4v) is 1.19. The topological polar surface area (TPSA) is 79.7 Å². The number of carbonyl (C=O) groups is 1. The van der Waals surface area contributed by atoms with Gasteiger partial charge in [-0.25, -0.2) is 9.78 Å². The third-order valence-electron chi connectivity index (χ3n) is 1.64. The molecule has 0 aromatic carbocycles. The van der Waals surface area contributed by atoms with Gasteiger partial charge in [-0.15, -0.1) is 24.8 Å². The van der Waals surface area contributed by atoms with Crippen molar-refractivity contribution in [3.63, 3.8) is 0 Å². The number of nitrogens with zero attached hydrogens (tertiary/aromatic N) is 1. The SMILES string of the molecule is O=C(O)c1ncc(CCl)c(OC(F)(F)F)c1O. The number of carboxylic acid groups (broad SMARTS) is 1. The van der Waals surface area contributed by atoms with E-state index in [-0.39, 0.29) is 5.56 Å². The molecule has 1 aromatic rings. The molecule has 0 spiro atoms. The average Bonchev–Trinajstić information content (AvgIpc) is 2.18. The van der Waals surface area contributed by atoms with Gasteiger partial charge in [-0.2, -0.15) is 0 Å². The summed E-state index contributed by atoms with van der Waals surface area (Å²) in [5.41, 5.74) is -1.22. The normalized spacial score (nSPS) is 11.3. The minimum absolute atomic E-state index is 0.272. The van der Waals surface area contributed by atoms with Gasteiger partial charge in [0, 0.05) is 11.8 Å². The third kappa shape index (κ3) is 3.13. The first-order valence-corrected chi connectivity index (χ1v) is 4.55. The van der Waals surface area contributed by atoms with Crippen LogP contribution >= 0.6 is 11.6 Å². The van der Waals surface area contributed by atoms with E-state index in [0.717, 1.165) is 6.20 Å². The van der Waals surface area contributed by atoms with Gasteiger partial charge in [0.1, 0.15) is 0 Å². The number of carboxylic acids is 1. The molecule has 5 nitrogen and oxygen atoms in total. The Bertz CT molecular complexity index is 449. The number of aromatic hydroxyl groups is 1.